The van der Waals surface area contributed by atoms with Gasteiger partial charge in [0, 0.05) is 50.1 Å². The van der Waals surface area contributed by atoms with Crippen LogP contribution in [0.2, 0.25) is 0 Å². The third-order valence-corrected chi connectivity index (χ3v) is 6.27. The van der Waals surface area contributed by atoms with Gasteiger partial charge in [-0.1, -0.05) is 38.1 Å². The highest BCUT2D eigenvalue weighted by Gasteiger charge is 2.22. The third kappa shape index (κ3) is 6.96. The molecule has 1 fully saturated rings. The van der Waals surface area contributed by atoms with E-state index in [1.54, 1.807) is 6.07 Å². The van der Waals surface area contributed by atoms with Crippen molar-refractivity contribution in [2.75, 3.05) is 19.6 Å². The molecular formula is C24H33N3O2S. The predicted octanol–water partition coefficient (Wildman–Crippen LogP) is 4.05. The van der Waals surface area contributed by atoms with Crippen LogP contribution in [0, 0.1) is 11.8 Å². The fourth-order valence-corrected chi connectivity index (χ4v) is 4.91. The van der Waals surface area contributed by atoms with Crippen LogP contribution in [0.25, 0.3) is 0 Å². The van der Waals surface area contributed by atoms with Gasteiger partial charge in [-0.15, -0.1) is 0 Å². The fourth-order valence-electron chi connectivity index (χ4n) is 4.28. The van der Waals surface area contributed by atoms with Crippen LogP contribution in [-0.4, -0.2) is 36.3 Å². The number of piperidine rings is 1. The largest absolute Gasteiger partial charge is 0.352 e. The molecule has 2 amide bonds. The van der Waals surface area contributed by atoms with Gasteiger partial charge in [0.05, 0.1) is 0 Å². The van der Waals surface area contributed by atoms with Crippen LogP contribution in [0.15, 0.2) is 41.1 Å². The van der Waals surface area contributed by atoms with Crippen molar-refractivity contribution in [1.29, 1.82) is 0 Å². The Hall–Kier alpha value is -2.18. The van der Waals surface area contributed by atoms with Crippen molar-refractivity contribution in [2.24, 2.45) is 11.8 Å². The number of nitrogens with one attached hydrogen (secondary N) is 2. The molecule has 30 heavy (non-hydrogen) atoms. The van der Waals surface area contributed by atoms with E-state index in [0.29, 0.717) is 31.5 Å². The van der Waals surface area contributed by atoms with Crippen molar-refractivity contribution in [2.45, 2.75) is 46.2 Å². The molecule has 162 valence electrons. The van der Waals surface area contributed by atoms with Crippen LogP contribution in [0.3, 0.4) is 0 Å². The average molecular weight is 428 g/mol. The number of thiophene rings is 1. The van der Waals surface area contributed by atoms with E-state index in [4.69, 9.17) is 0 Å². The van der Waals surface area contributed by atoms with Crippen LogP contribution in [0.1, 0.15) is 54.6 Å². The van der Waals surface area contributed by atoms with Gasteiger partial charge in [0.2, 0.25) is 5.91 Å². The maximum Gasteiger partial charge on any atom is 0.252 e. The number of hydrogen-bond donors (Lipinski definition) is 2. The van der Waals surface area contributed by atoms with Crippen molar-refractivity contribution in [3.05, 3.63) is 57.8 Å². The van der Waals surface area contributed by atoms with Crippen molar-refractivity contribution < 1.29 is 9.59 Å². The topological polar surface area (TPSA) is 61.4 Å². The summed E-state index contributed by atoms with van der Waals surface area (Å²) in [7, 11) is 0. The molecule has 2 atom stereocenters. The van der Waals surface area contributed by atoms with Gasteiger partial charge in [0.1, 0.15) is 0 Å². The summed E-state index contributed by atoms with van der Waals surface area (Å²) in [5, 5.41) is 9.61. The smallest absolute Gasteiger partial charge is 0.252 e. The molecule has 5 nitrogen and oxygen atoms in total. The van der Waals surface area contributed by atoms with Gasteiger partial charge >= 0.3 is 0 Å². The number of likely N-dealkylation sites (tertiary alicyclic amines) is 1. The summed E-state index contributed by atoms with van der Waals surface area (Å²) in [6.45, 7) is 8.94. The van der Waals surface area contributed by atoms with Crippen LogP contribution < -0.4 is 10.6 Å². The lowest BCUT2D eigenvalue weighted by Gasteiger charge is -2.35. The maximum absolute atomic E-state index is 12.2. The quantitative estimate of drug-likeness (QED) is 0.594. The Bertz CT molecular complexity index is 812. The fraction of sp³-hybridized carbons (Fsp3) is 0.500. The van der Waals surface area contributed by atoms with Crippen molar-refractivity contribution in [3.63, 3.8) is 0 Å². The van der Waals surface area contributed by atoms with Gasteiger partial charge in [-0.25, -0.2) is 0 Å². The third-order valence-electron chi connectivity index (χ3n) is 5.58. The summed E-state index contributed by atoms with van der Waals surface area (Å²) in [6, 6.07) is 10.2. The molecular weight excluding hydrogens is 394 g/mol. The second kappa shape index (κ2) is 11.3. The van der Waals surface area contributed by atoms with Gasteiger partial charge in [-0.2, -0.15) is 11.3 Å². The zero-order valence-corrected chi connectivity index (χ0v) is 18.8. The van der Waals surface area contributed by atoms with Gasteiger partial charge in [-0.05, 0) is 47.3 Å². The van der Waals surface area contributed by atoms with Crippen LogP contribution in [0.5, 0.6) is 0 Å². The predicted molar refractivity (Wildman–Crippen MR) is 122 cm³/mol. The maximum atomic E-state index is 12.2. The summed E-state index contributed by atoms with van der Waals surface area (Å²) in [5.74, 6) is 1.42. The standard InChI is InChI=1S/C24H33N3O2S/c1-18-12-19(2)15-27(14-18)16-21-7-4-3-6-20(21)13-26-23(28)8-5-10-25-24(29)22-9-11-30-17-22/h3-4,6-7,9,11,17-19H,5,8,10,12-16H2,1-2H3,(H,25,29)(H,26,28). The molecule has 3 rings (SSSR count). The van der Waals surface area contributed by atoms with Crippen LogP contribution in [-0.2, 0) is 17.9 Å². The monoisotopic (exact) mass is 427 g/mol. The van der Waals surface area contributed by atoms with Crippen molar-refractivity contribution in [3.8, 4) is 0 Å². The number of nitrogens with zero attached hydrogens (tertiary/aromatic N) is 1. The van der Waals surface area contributed by atoms with E-state index in [9.17, 15) is 9.59 Å². The minimum absolute atomic E-state index is 0.0230. The number of benzene rings is 1. The molecule has 0 bridgehead atoms. The van der Waals surface area contributed by atoms with Gasteiger partial charge in [-0.3, -0.25) is 14.5 Å². The first-order valence-electron chi connectivity index (χ1n) is 10.9. The lowest BCUT2D eigenvalue weighted by Crippen LogP contribution is -2.38. The number of amides is 2. The Morgan fingerprint density at radius 1 is 1.07 bits per heavy atom. The molecule has 2 heterocycles. The average Bonchev–Trinajstić information content (AvgIpc) is 3.25. The molecule has 0 saturated carbocycles. The molecule has 2 unspecified atom stereocenters. The van der Waals surface area contributed by atoms with Gasteiger partial charge < -0.3 is 10.6 Å². The minimum atomic E-state index is -0.0769. The zero-order valence-electron chi connectivity index (χ0n) is 18.0. The van der Waals surface area contributed by atoms with Crippen LogP contribution in [0.4, 0.5) is 0 Å². The molecule has 2 aromatic rings. The molecule has 1 saturated heterocycles. The molecule has 0 aliphatic carbocycles. The number of hydrogen-bond acceptors (Lipinski definition) is 4. The SMILES string of the molecule is CC1CC(C)CN(Cc2ccccc2CNC(=O)CCCNC(=O)c2ccsc2)C1. The van der Waals surface area contributed by atoms with E-state index in [2.05, 4.69) is 47.6 Å². The summed E-state index contributed by atoms with van der Waals surface area (Å²) >= 11 is 1.50. The Kier molecular flexibility index (Phi) is 8.46. The molecule has 2 N–H and O–H groups in total. The first-order chi connectivity index (χ1) is 14.5. The molecule has 6 heteroatoms. The number of carbonyl (C=O) groups excluding carboxylic acids is 2. The van der Waals surface area contributed by atoms with Crippen molar-refractivity contribution in [1.82, 2.24) is 15.5 Å². The zero-order chi connectivity index (χ0) is 21.3. The van der Waals surface area contributed by atoms with E-state index in [0.717, 1.165) is 31.5 Å². The summed E-state index contributed by atoms with van der Waals surface area (Å²) < 4.78 is 0. The molecule has 1 aliphatic heterocycles. The lowest BCUT2D eigenvalue weighted by atomic mass is 9.91. The van der Waals surface area contributed by atoms with E-state index in [-0.39, 0.29) is 11.8 Å². The minimum Gasteiger partial charge on any atom is -0.352 e. The molecule has 0 spiro atoms. The Labute approximate surface area is 183 Å². The molecule has 1 aromatic carbocycles. The summed E-state index contributed by atoms with van der Waals surface area (Å²) in [5.41, 5.74) is 3.16. The number of carbonyl (C=O) groups is 2. The highest BCUT2D eigenvalue weighted by atomic mass is 32.1. The van der Waals surface area contributed by atoms with E-state index in [1.165, 1.54) is 28.9 Å². The van der Waals surface area contributed by atoms with E-state index < -0.39 is 0 Å². The highest BCUT2D eigenvalue weighted by Crippen LogP contribution is 2.23. The van der Waals surface area contributed by atoms with Crippen molar-refractivity contribution >= 4 is 23.2 Å². The van der Waals surface area contributed by atoms with Gasteiger partial charge in [0.25, 0.3) is 5.91 Å². The Balaban J connectivity index is 1.41. The molecule has 1 aromatic heterocycles. The first kappa shape index (κ1) is 22.5. The lowest BCUT2D eigenvalue weighted by molar-refractivity contribution is -0.121. The Morgan fingerprint density at radius 2 is 1.80 bits per heavy atom. The normalized spacial score (nSPS) is 19.4. The van der Waals surface area contributed by atoms with Crippen LogP contribution >= 0.6 is 11.3 Å². The summed E-state index contributed by atoms with van der Waals surface area (Å²) in [6.07, 6.45) is 2.35. The Morgan fingerprint density at radius 3 is 2.50 bits per heavy atom. The molecule has 1 aliphatic rings. The second-order valence-electron chi connectivity index (χ2n) is 8.56. The molecule has 0 radical (unpaired) electrons. The first-order valence-corrected chi connectivity index (χ1v) is 11.8. The van der Waals surface area contributed by atoms with E-state index in [1.807, 2.05) is 16.8 Å². The van der Waals surface area contributed by atoms with E-state index >= 15 is 0 Å². The highest BCUT2D eigenvalue weighted by molar-refractivity contribution is 7.08. The second-order valence-corrected chi connectivity index (χ2v) is 9.34. The summed E-state index contributed by atoms with van der Waals surface area (Å²) in [4.78, 5) is 26.7. The number of rotatable bonds is 9. The van der Waals surface area contributed by atoms with Gasteiger partial charge in [0.15, 0.2) is 0 Å².